The van der Waals surface area contributed by atoms with Crippen LogP contribution in [0.4, 0.5) is 15.8 Å². The van der Waals surface area contributed by atoms with Crippen molar-refractivity contribution in [3.8, 4) is 5.75 Å². The lowest BCUT2D eigenvalue weighted by molar-refractivity contribution is 0.238. The Morgan fingerprint density at radius 2 is 2.14 bits per heavy atom. The number of nitrogen functional groups attached to an aromatic ring is 1. The van der Waals surface area contributed by atoms with Crippen molar-refractivity contribution in [3.05, 3.63) is 53.3 Å². The molecule has 0 radical (unpaired) electrons. The Hall–Kier alpha value is -2.23. The summed E-state index contributed by atoms with van der Waals surface area (Å²) >= 11 is 0. The fraction of sp³-hybridized carbons (Fsp3) is 0.294. The van der Waals surface area contributed by atoms with Gasteiger partial charge in [-0.2, -0.15) is 0 Å². The van der Waals surface area contributed by atoms with Gasteiger partial charge in [-0.3, -0.25) is 0 Å². The average molecular weight is 284 g/mol. The van der Waals surface area contributed by atoms with Gasteiger partial charge in [-0.25, -0.2) is 4.39 Å². The van der Waals surface area contributed by atoms with Crippen LogP contribution in [0.5, 0.6) is 5.75 Å². The van der Waals surface area contributed by atoms with E-state index in [4.69, 9.17) is 10.5 Å². The number of para-hydroxylation sites is 1. The standard InChI is InChI=1S/C17H17FN2O/c18-13-4-5-16-12(8-13)9-14(21-16)10-20-7-6-11-2-1-3-15(19)17(11)20/h1-5,8,14H,6-7,9-10,19H2. The molecule has 2 aromatic carbocycles. The zero-order chi connectivity index (χ0) is 14.4. The van der Waals surface area contributed by atoms with Crippen molar-refractivity contribution >= 4 is 11.4 Å². The second kappa shape index (κ2) is 4.65. The van der Waals surface area contributed by atoms with E-state index in [0.717, 1.165) is 48.6 Å². The minimum Gasteiger partial charge on any atom is -0.488 e. The topological polar surface area (TPSA) is 38.5 Å². The average Bonchev–Trinajstić information content (AvgIpc) is 3.03. The smallest absolute Gasteiger partial charge is 0.123 e. The molecule has 21 heavy (non-hydrogen) atoms. The first-order chi connectivity index (χ1) is 10.2. The fourth-order valence-electron chi connectivity index (χ4n) is 3.39. The highest BCUT2D eigenvalue weighted by Crippen LogP contribution is 2.35. The van der Waals surface area contributed by atoms with E-state index in [0.29, 0.717) is 0 Å². The van der Waals surface area contributed by atoms with Gasteiger partial charge in [0.2, 0.25) is 0 Å². The van der Waals surface area contributed by atoms with Crippen molar-refractivity contribution in [2.75, 3.05) is 23.7 Å². The molecule has 0 spiro atoms. The molecule has 4 heteroatoms. The lowest BCUT2D eigenvalue weighted by atomic mass is 10.1. The highest BCUT2D eigenvalue weighted by atomic mass is 19.1. The van der Waals surface area contributed by atoms with Crippen LogP contribution in [0.15, 0.2) is 36.4 Å². The van der Waals surface area contributed by atoms with E-state index in [9.17, 15) is 4.39 Å². The summed E-state index contributed by atoms with van der Waals surface area (Å²) in [5.41, 5.74) is 10.3. The van der Waals surface area contributed by atoms with Crippen molar-refractivity contribution < 1.29 is 9.13 Å². The van der Waals surface area contributed by atoms with Gasteiger partial charge in [-0.05, 0) is 36.2 Å². The number of ether oxygens (including phenoxy) is 1. The molecule has 0 aromatic heterocycles. The van der Waals surface area contributed by atoms with Crippen LogP contribution >= 0.6 is 0 Å². The van der Waals surface area contributed by atoms with Gasteiger partial charge < -0.3 is 15.4 Å². The molecule has 0 aliphatic carbocycles. The van der Waals surface area contributed by atoms with Crippen molar-refractivity contribution in [1.82, 2.24) is 0 Å². The van der Waals surface area contributed by atoms with E-state index in [-0.39, 0.29) is 11.9 Å². The molecule has 0 fully saturated rings. The Balaban J connectivity index is 1.53. The van der Waals surface area contributed by atoms with Crippen LogP contribution in [-0.4, -0.2) is 19.2 Å². The van der Waals surface area contributed by atoms with Crippen molar-refractivity contribution in [2.45, 2.75) is 18.9 Å². The number of nitrogens with two attached hydrogens (primary N) is 1. The summed E-state index contributed by atoms with van der Waals surface area (Å²) in [5.74, 6) is 0.607. The van der Waals surface area contributed by atoms with Crippen LogP contribution in [0.25, 0.3) is 0 Å². The molecule has 0 bridgehead atoms. The third kappa shape index (κ3) is 2.11. The molecule has 1 atom stereocenters. The van der Waals surface area contributed by atoms with Gasteiger partial charge in [0, 0.05) is 18.5 Å². The van der Waals surface area contributed by atoms with Gasteiger partial charge in [0.15, 0.2) is 0 Å². The number of rotatable bonds is 2. The summed E-state index contributed by atoms with van der Waals surface area (Å²) in [7, 11) is 0. The van der Waals surface area contributed by atoms with E-state index in [1.807, 2.05) is 12.1 Å². The van der Waals surface area contributed by atoms with Gasteiger partial charge in [0.05, 0.1) is 17.9 Å². The second-order valence-corrected chi connectivity index (χ2v) is 5.75. The molecule has 2 aliphatic rings. The van der Waals surface area contributed by atoms with Gasteiger partial charge in [0.25, 0.3) is 0 Å². The number of anilines is 2. The maximum atomic E-state index is 13.3. The molecule has 3 nitrogen and oxygen atoms in total. The largest absolute Gasteiger partial charge is 0.488 e. The number of halogens is 1. The summed E-state index contributed by atoms with van der Waals surface area (Å²) in [6, 6.07) is 10.8. The highest BCUT2D eigenvalue weighted by molar-refractivity contribution is 5.74. The lowest BCUT2D eigenvalue weighted by Gasteiger charge is -2.24. The molecular formula is C17H17FN2O. The Bertz CT molecular complexity index is 701. The van der Waals surface area contributed by atoms with Gasteiger partial charge in [-0.15, -0.1) is 0 Å². The zero-order valence-electron chi connectivity index (χ0n) is 11.7. The summed E-state index contributed by atoms with van der Waals surface area (Å²) in [6.07, 6.45) is 1.84. The Morgan fingerprint density at radius 3 is 3.05 bits per heavy atom. The van der Waals surface area contributed by atoms with Crippen LogP contribution in [0.2, 0.25) is 0 Å². The predicted molar refractivity (Wildman–Crippen MR) is 81.3 cm³/mol. The second-order valence-electron chi connectivity index (χ2n) is 5.75. The Morgan fingerprint density at radius 1 is 1.24 bits per heavy atom. The quantitative estimate of drug-likeness (QED) is 0.862. The Labute approximate surface area is 123 Å². The van der Waals surface area contributed by atoms with Crippen LogP contribution in [0, 0.1) is 5.82 Å². The van der Waals surface area contributed by atoms with Crippen LogP contribution < -0.4 is 15.4 Å². The molecule has 4 rings (SSSR count). The molecule has 2 N–H and O–H groups in total. The number of fused-ring (bicyclic) bond motifs is 2. The molecule has 2 aliphatic heterocycles. The first kappa shape index (κ1) is 12.5. The third-order valence-electron chi connectivity index (χ3n) is 4.31. The first-order valence-corrected chi connectivity index (χ1v) is 7.28. The maximum Gasteiger partial charge on any atom is 0.123 e. The van der Waals surface area contributed by atoms with Gasteiger partial charge >= 0.3 is 0 Å². The van der Waals surface area contributed by atoms with E-state index >= 15 is 0 Å². The number of benzene rings is 2. The van der Waals surface area contributed by atoms with Gasteiger partial charge in [-0.1, -0.05) is 12.1 Å². The molecule has 0 saturated carbocycles. The van der Waals surface area contributed by atoms with Gasteiger partial charge in [0.1, 0.15) is 17.7 Å². The molecular weight excluding hydrogens is 267 g/mol. The first-order valence-electron chi connectivity index (χ1n) is 7.28. The summed E-state index contributed by atoms with van der Waals surface area (Å²) in [6.45, 7) is 1.76. The monoisotopic (exact) mass is 284 g/mol. The van der Waals surface area contributed by atoms with Crippen molar-refractivity contribution in [3.63, 3.8) is 0 Å². The normalized spacial score (nSPS) is 19.3. The van der Waals surface area contributed by atoms with E-state index in [1.54, 1.807) is 12.1 Å². The minimum absolute atomic E-state index is 0.0624. The van der Waals surface area contributed by atoms with E-state index in [1.165, 1.54) is 11.6 Å². The lowest BCUT2D eigenvalue weighted by Crippen LogP contribution is -2.34. The Kier molecular flexibility index (Phi) is 2.77. The van der Waals surface area contributed by atoms with Crippen molar-refractivity contribution in [1.29, 1.82) is 0 Å². The minimum atomic E-state index is -0.200. The number of nitrogens with zero attached hydrogens (tertiary/aromatic N) is 1. The maximum absolute atomic E-state index is 13.3. The van der Waals surface area contributed by atoms with Crippen LogP contribution in [-0.2, 0) is 12.8 Å². The van der Waals surface area contributed by atoms with E-state index < -0.39 is 0 Å². The summed E-state index contributed by atoms with van der Waals surface area (Å²) in [5, 5.41) is 0. The number of hydrogen-bond acceptors (Lipinski definition) is 3. The molecule has 2 aromatic rings. The van der Waals surface area contributed by atoms with Crippen LogP contribution in [0.1, 0.15) is 11.1 Å². The predicted octanol–water partition coefficient (Wildman–Crippen LogP) is 2.77. The SMILES string of the molecule is Nc1cccc2c1N(CC1Cc3cc(F)ccc3O1)CC2. The van der Waals surface area contributed by atoms with Crippen molar-refractivity contribution in [2.24, 2.45) is 0 Å². The zero-order valence-corrected chi connectivity index (χ0v) is 11.7. The van der Waals surface area contributed by atoms with E-state index in [2.05, 4.69) is 11.0 Å². The third-order valence-corrected chi connectivity index (χ3v) is 4.31. The molecule has 0 amide bonds. The summed E-state index contributed by atoms with van der Waals surface area (Å²) in [4.78, 5) is 2.29. The molecule has 108 valence electrons. The fourth-order valence-corrected chi connectivity index (χ4v) is 3.39. The molecule has 0 saturated heterocycles. The summed E-state index contributed by atoms with van der Waals surface area (Å²) < 4.78 is 19.2. The number of hydrogen-bond donors (Lipinski definition) is 1. The highest BCUT2D eigenvalue weighted by Gasteiger charge is 2.29. The molecule has 2 heterocycles. The molecule has 1 unspecified atom stereocenters. The van der Waals surface area contributed by atoms with Crippen LogP contribution in [0.3, 0.4) is 0 Å².